The molecule has 0 aliphatic rings. The Balaban J connectivity index is 1.34. The summed E-state index contributed by atoms with van der Waals surface area (Å²) in [6.07, 6.45) is 6.21. The molecule has 0 radical (unpaired) electrons. The molecule has 0 spiro atoms. The number of carbonyl (C=O) groups is 1. The van der Waals surface area contributed by atoms with Crippen LogP contribution >= 0.6 is 0 Å². The zero-order valence-corrected chi connectivity index (χ0v) is 19.1. The molecule has 0 aliphatic heterocycles. The van der Waals surface area contributed by atoms with Crippen molar-refractivity contribution in [1.29, 1.82) is 0 Å². The van der Waals surface area contributed by atoms with Crippen molar-refractivity contribution < 1.29 is 14.3 Å². The van der Waals surface area contributed by atoms with E-state index in [0.717, 1.165) is 27.9 Å². The van der Waals surface area contributed by atoms with Crippen molar-refractivity contribution in [3.8, 4) is 22.8 Å². The van der Waals surface area contributed by atoms with Gasteiger partial charge in [-0.05, 0) is 53.4 Å². The van der Waals surface area contributed by atoms with Crippen molar-refractivity contribution in [3.05, 3.63) is 108 Å². The lowest BCUT2D eigenvalue weighted by Crippen LogP contribution is -2.23. The van der Waals surface area contributed by atoms with Crippen LogP contribution in [0.1, 0.15) is 23.1 Å². The Morgan fingerprint density at radius 3 is 2.56 bits per heavy atom. The molecule has 6 heteroatoms. The molecule has 1 amide bonds. The maximum absolute atomic E-state index is 12.6. The number of nitrogens with zero attached hydrogens (tertiary/aromatic N) is 2. The van der Waals surface area contributed by atoms with Crippen LogP contribution in [0.25, 0.3) is 11.3 Å². The number of amides is 1. The number of benzene rings is 2. The van der Waals surface area contributed by atoms with Gasteiger partial charge in [-0.25, -0.2) is 0 Å². The molecule has 0 bridgehead atoms. The van der Waals surface area contributed by atoms with Gasteiger partial charge >= 0.3 is 0 Å². The van der Waals surface area contributed by atoms with E-state index in [-0.39, 0.29) is 5.91 Å². The summed E-state index contributed by atoms with van der Waals surface area (Å²) in [4.78, 5) is 21.2. The summed E-state index contributed by atoms with van der Waals surface area (Å²) < 4.78 is 11.4. The molecule has 2 heterocycles. The Morgan fingerprint density at radius 1 is 0.912 bits per heavy atom. The highest BCUT2D eigenvalue weighted by Crippen LogP contribution is 2.29. The van der Waals surface area contributed by atoms with Crippen LogP contribution in [0.2, 0.25) is 0 Å². The third-order valence-electron chi connectivity index (χ3n) is 5.41. The van der Waals surface area contributed by atoms with E-state index in [1.165, 1.54) is 0 Å². The molecular weight excluding hydrogens is 426 g/mol. The van der Waals surface area contributed by atoms with Crippen LogP contribution < -0.4 is 14.8 Å². The minimum absolute atomic E-state index is 0.0245. The molecule has 172 valence electrons. The lowest BCUT2D eigenvalue weighted by atomic mass is 10.1. The van der Waals surface area contributed by atoms with E-state index in [1.807, 2.05) is 72.8 Å². The molecule has 34 heavy (non-hydrogen) atoms. The summed E-state index contributed by atoms with van der Waals surface area (Å²) in [5.41, 5.74) is 4.79. The smallest absolute Gasteiger partial charge is 0.220 e. The first-order chi connectivity index (χ1) is 16.7. The summed E-state index contributed by atoms with van der Waals surface area (Å²) >= 11 is 0. The zero-order valence-electron chi connectivity index (χ0n) is 19.1. The van der Waals surface area contributed by atoms with Crippen molar-refractivity contribution in [2.75, 3.05) is 7.11 Å². The maximum Gasteiger partial charge on any atom is 0.220 e. The van der Waals surface area contributed by atoms with Crippen LogP contribution in [0.4, 0.5) is 0 Å². The van der Waals surface area contributed by atoms with E-state index in [4.69, 9.17) is 9.47 Å². The number of rotatable bonds is 10. The largest absolute Gasteiger partial charge is 0.493 e. The fourth-order valence-electron chi connectivity index (χ4n) is 3.61. The minimum atomic E-state index is -0.0245. The maximum atomic E-state index is 12.6. The van der Waals surface area contributed by atoms with Gasteiger partial charge in [-0.3, -0.25) is 14.8 Å². The number of pyridine rings is 2. The highest BCUT2D eigenvalue weighted by atomic mass is 16.5. The lowest BCUT2D eigenvalue weighted by molar-refractivity contribution is -0.121. The third kappa shape index (κ3) is 6.19. The van der Waals surface area contributed by atoms with Gasteiger partial charge in [-0.2, -0.15) is 0 Å². The first kappa shape index (κ1) is 23.0. The minimum Gasteiger partial charge on any atom is -0.493 e. The van der Waals surface area contributed by atoms with E-state index in [2.05, 4.69) is 15.3 Å². The van der Waals surface area contributed by atoms with Crippen molar-refractivity contribution in [3.63, 3.8) is 0 Å². The topological polar surface area (TPSA) is 73.3 Å². The van der Waals surface area contributed by atoms with E-state index < -0.39 is 0 Å². The standard InChI is InChI=1S/C28H27N3O3/c1-33-25-13-11-21(17-26(25)34-20-22-7-3-2-4-8-22)12-14-27(32)31-19-24-10-6-16-30-28(24)23-9-5-15-29-18-23/h2-11,13,15-18H,12,14,19-20H2,1H3,(H,31,32). The van der Waals surface area contributed by atoms with Gasteiger partial charge in [0.1, 0.15) is 6.61 Å². The van der Waals surface area contributed by atoms with Crippen molar-refractivity contribution in [1.82, 2.24) is 15.3 Å². The fraction of sp³-hybridized carbons (Fsp3) is 0.179. The van der Waals surface area contributed by atoms with E-state index in [9.17, 15) is 4.79 Å². The first-order valence-electron chi connectivity index (χ1n) is 11.2. The predicted molar refractivity (Wildman–Crippen MR) is 131 cm³/mol. The second-order valence-corrected chi connectivity index (χ2v) is 7.79. The monoisotopic (exact) mass is 453 g/mol. The van der Waals surface area contributed by atoms with Crippen LogP contribution in [-0.2, 0) is 24.4 Å². The van der Waals surface area contributed by atoms with Gasteiger partial charge in [0.2, 0.25) is 5.91 Å². The molecule has 1 N–H and O–H groups in total. The second kappa shape index (κ2) is 11.6. The predicted octanol–water partition coefficient (Wildman–Crippen LogP) is 4.98. The number of aromatic nitrogens is 2. The van der Waals surface area contributed by atoms with E-state index in [1.54, 1.807) is 25.7 Å². The second-order valence-electron chi connectivity index (χ2n) is 7.79. The highest BCUT2D eigenvalue weighted by Gasteiger charge is 2.10. The van der Waals surface area contributed by atoms with Crippen molar-refractivity contribution >= 4 is 5.91 Å². The number of carbonyl (C=O) groups excluding carboxylic acids is 1. The molecule has 0 saturated heterocycles. The van der Waals surface area contributed by atoms with Gasteiger partial charge in [0.05, 0.1) is 12.8 Å². The summed E-state index contributed by atoms with van der Waals surface area (Å²) in [5.74, 6) is 1.31. The number of nitrogens with one attached hydrogen (secondary N) is 1. The Bertz CT molecular complexity index is 1210. The van der Waals surface area contributed by atoms with E-state index >= 15 is 0 Å². The molecule has 0 fully saturated rings. The quantitative estimate of drug-likeness (QED) is 0.367. The number of ether oxygens (including phenoxy) is 2. The van der Waals surface area contributed by atoms with Crippen LogP contribution in [0, 0.1) is 0 Å². The summed E-state index contributed by atoms with van der Waals surface area (Å²) in [5, 5.41) is 3.01. The van der Waals surface area contributed by atoms with Gasteiger partial charge in [0.15, 0.2) is 11.5 Å². The number of methoxy groups -OCH3 is 1. The fourth-order valence-corrected chi connectivity index (χ4v) is 3.61. The highest BCUT2D eigenvalue weighted by molar-refractivity contribution is 5.76. The van der Waals surface area contributed by atoms with Crippen LogP contribution in [0.5, 0.6) is 11.5 Å². The summed E-state index contributed by atoms with van der Waals surface area (Å²) in [7, 11) is 1.62. The van der Waals surface area contributed by atoms with Gasteiger partial charge in [0, 0.05) is 37.1 Å². The van der Waals surface area contributed by atoms with Gasteiger partial charge in [-0.1, -0.05) is 42.5 Å². The van der Waals surface area contributed by atoms with Gasteiger partial charge in [-0.15, -0.1) is 0 Å². The number of hydrogen-bond donors (Lipinski definition) is 1. The molecule has 0 unspecified atom stereocenters. The Morgan fingerprint density at radius 2 is 1.76 bits per heavy atom. The van der Waals surface area contributed by atoms with Crippen LogP contribution in [-0.4, -0.2) is 23.0 Å². The van der Waals surface area contributed by atoms with Crippen LogP contribution in [0.15, 0.2) is 91.4 Å². The van der Waals surface area contributed by atoms with Crippen molar-refractivity contribution in [2.24, 2.45) is 0 Å². The molecule has 0 atom stereocenters. The lowest BCUT2D eigenvalue weighted by Gasteiger charge is -2.13. The molecule has 2 aromatic heterocycles. The zero-order chi connectivity index (χ0) is 23.6. The normalized spacial score (nSPS) is 10.5. The van der Waals surface area contributed by atoms with Crippen molar-refractivity contribution in [2.45, 2.75) is 26.0 Å². The molecule has 4 rings (SSSR count). The third-order valence-corrected chi connectivity index (χ3v) is 5.41. The molecular formula is C28H27N3O3. The summed E-state index contributed by atoms with van der Waals surface area (Å²) in [6.45, 7) is 0.858. The molecule has 0 saturated carbocycles. The van der Waals surface area contributed by atoms with E-state index in [0.29, 0.717) is 37.5 Å². The average molecular weight is 454 g/mol. The molecule has 2 aromatic carbocycles. The molecule has 0 aliphatic carbocycles. The van der Waals surface area contributed by atoms with Gasteiger partial charge < -0.3 is 14.8 Å². The number of aryl methyl sites for hydroxylation is 1. The first-order valence-corrected chi connectivity index (χ1v) is 11.2. The Kier molecular flexibility index (Phi) is 7.85. The molecule has 4 aromatic rings. The number of hydrogen-bond acceptors (Lipinski definition) is 5. The van der Waals surface area contributed by atoms with Gasteiger partial charge in [0.25, 0.3) is 0 Å². The van der Waals surface area contributed by atoms with Crippen LogP contribution in [0.3, 0.4) is 0 Å². The summed E-state index contributed by atoms with van der Waals surface area (Å²) in [6, 6.07) is 23.4. The Hall–Kier alpha value is -4.19. The Labute approximate surface area is 199 Å². The SMILES string of the molecule is COc1ccc(CCC(=O)NCc2cccnc2-c2cccnc2)cc1OCc1ccccc1. The average Bonchev–Trinajstić information content (AvgIpc) is 2.91. The molecule has 6 nitrogen and oxygen atoms in total.